The molecule has 0 aromatic heterocycles. The molecule has 0 aliphatic heterocycles. The summed E-state index contributed by atoms with van der Waals surface area (Å²) in [6.45, 7) is 1.19. The van der Waals surface area contributed by atoms with Crippen LogP contribution >= 0.6 is 0 Å². The molecule has 3 rings (SSSR count). The van der Waals surface area contributed by atoms with Crippen LogP contribution in [0.3, 0.4) is 0 Å². The van der Waals surface area contributed by atoms with Crippen molar-refractivity contribution in [3.05, 3.63) is 35.4 Å². The van der Waals surface area contributed by atoms with Crippen molar-refractivity contribution < 1.29 is 0 Å². The van der Waals surface area contributed by atoms with Gasteiger partial charge in [0.15, 0.2) is 0 Å². The molecule has 1 saturated carbocycles. The largest absolute Gasteiger partial charge is 0.319 e. The summed E-state index contributed by atoms with van der Waals surface area (Å²) in [6.07, 6.45) is 4.10. The molecule has 0 amide bonds. The van der Waals surface area contributed by atoms with Crippen molar-refractivity contribution in [2.45, 2.75) is 24.7 Å². The highest BCUT2D eigenvalue weighted by molar-refractivity contribution is 5.45. The predicted molar refractivity (Wildman–Crippen MR) is 58.5 cm³/mol. The van der Waals surface area contributed by atoms with E-state index in [1.54, 1.807) is 11.1 Å². The Morgan fingerprint density at radius 1 is 1.43 bits per heavy atom. The Morgan fingerprint density at radius 2 is 2.29 bits per heavy atom. The lowest BCUT2D eigenvalue weighted by Gasteiger charge is -2.10. The van der Waals surface area contributed by atoms with Gasteiger partial charge in [0, 0.05) is 5.41 Å². The number of hydrogen-bond acceptors (Lipinski definition) is 1. The second-order valence-electron chi connectivity index (χ2n) is 4.77. The Morgan fingerprint density at radius 3 is 3.14 bits per heavy atom. The van der Waals surface area contributed by atoms with Crippen LogP contribution in [0.5, 0.6) is 0 Å². The predicted octanol–water partition coefficient (Wildman–Crippen LogP) is 2.11. The lowest BCUT2D eigenvalue weighted by molar-refractivity contribution is 0.572. The van der Waals surface area contributed by atoms with E-state index in [1.807, 2.05) is 0 Å². The number of rotatable bonds is 2. The van der Waals surface area contributed by atoms with E-state index in [0.29, 0.717) is 5.41 Å². The lowest BCUT2D eigenvalue weighted by Crippen LogP contribution is -2.16. The van der Waals surface area contributed by atoms with Crippen LogP contribution in [0.4, 0.5) is 0 Å². The fourth-order valence-corrected chi connectivity index (χ4v) is 3.25. The second-order valence-corrected chi connectivity index (χ2v) is 4.77. The molecule has 1 spiro atoms. The molecule has 1 nitrogen and oxygen atoms in total. The third-order valence-electron chi connectivity index (χ3n) is 4.08. The first-order valence-electron chi connectivity index (χ1n) is 5.60. The molecule has 2 unspecified atom stereocenters. The minimum Gasteiger partial charge on any atom is -0.319 e. The molecule has 0 saturated heterocycles. The molecular formula is C13H17N. The van der Waals surface area contributed by atoms with Crippen molar-refractivity contribution >= 4 is 0 Å². The van der Waals surface area contributed by atoms with Gasteiger partial charge in [-0.15, -0.1) is 0 Å². The minimum atomic E-state index is 0.583. The molecule has 0 bridgehead atoms. The molecule has 1 N–H and O–H groups in total. The highest BCUT2D eigenvalue weighted by atomic mass is 14.8. The standard InChI is InChI=1S/C13H17N/c1-14-9-11-8-13(11)7-6-10-4-2-3-5-12(10)13/h2-5,11,14H,6-9H2,1H3. The summed E-state index contributed by atoms with van der Waals surface area (Å²) < 4.78 is 0. The van der Waals surface area contributed by atoms with E-state index in [0.717, 1.165) is 5.92 Å². The van der Waals surface area contributed by atoms with E-state index >= 15 is 0 Å². The van der Waals surface area contributed by atoms with Gasteiger partial charge in [0.25, 0.3) is 0 Å². The van der Waals surface area contributed by atoms with Crippen molar-refractivity contribution in [1.82, 2.24) is 5.32 Å². The molecule has 2 aliphatic rings. The van der Waals surface area contributed by atoms with Crippen LogP contribution in [-0.2, 0) is 11.8 Å². The summed E-state index contributed by atoms with van der Waals surface area (Å²) >= 11 is 0. The zero-order chi connectivity index (χ0) is 9.60. The summed E-state index contributed by atoms with van der Waals surface area (Å²) in [5, 5.41) is 3.31. The first-order valence-corrected chi connectivity index (χ1v) is 5.60. The summed E-state index contributed by atoms with van der Waals surface area (Å²) in [5.74, 6) is 0.899. The highest BCUT2D eigenvalue weighted by Gasteiger charge is 2.56. The van der Waals surface area contributed by atoms with Gasteiger partial charge in [-0.1, -0.05) is 24.3 Å². The monoisotopic (exact) mass is 187 g/mol. The summed E-state index contributed by atoms with van der Waals surface area (Å²) in [4.78, 5) is 0. The average Bonchev–Trinajstić information content (AvgIpc) is 2.77. The number of aryl methyl sites for hydroxylation is 1. The molecule has 0 radical (unpaired) electrons. The minimum absolute atomic E-state index is 0.583. The van der Waals surface area contributed by atoms with Gasteiger partial charge in [-0.05, 0) is 49.9 Å². The van der Waals surface area contributed by atoms with Gasteiger partial charge >= 0.3 is 0 Å². The second kappa shape index (κ2) is 2.83. The van der Waals surface area contributed by atoms with Crippen molar-refractivity contribution in [2.24, 2.45) is 5.92 Å². The van der Waals surface area contributed by atoms with Crippen molar-refractivity contribution in [3.63, 3.8) is 0 Å². The Kier molecular flexibility index (Phi) is 1.72. The van der Waals surface area contributed by atoms with Crippen LogP contribution in [0.1, 0.15) is 24.0 Å². The van der Waals surface area contributed by atoms with Gasteiger partial charge in [0.2, 0.25) is 0 Å². The number of benzene rings is 1. The third kappa shape index (κ3) is 0.992. The zero-order valence-corrected chi connectivity index (χ0v) is 8.72. The molecule has 2 aliphatic carbocycles. The molecule has 1 heteroatoms. The van der Waals surface area contributed by atoms with Crippen molar-refractivity contribution in [1.29, 1.82) is 0 Å². The van der Waals surface area contributed by atoms with E-state index in [1.165, 1.54) is 25.8 Å². The van der Waals surface area contributed by atoms with Gasteiger partial charge < -0.3 is 5.32 Å². The molecule has 2 atom stereocenters. The van der Waals surface area contributed by atoms with Gasteiger partial charge in [-0.25, -0.2) is 0 Å². The Balaban J connectivity index is 1.93. The Bertz CT molecular complexity index is 358. The van der Waals surface area contributed by atoms with E-state index in [4.69, 9.17) is 0 Å². The molecule has 14 heavy (non-hydrogen) atoms. The third-order valence-corrected chi connectivity index (χ3v) is 4.08. The van der Waals surface area contributed by atoms with E-state index in [2.05, 4.69) is 36.6 Å². The lowest BCUT2D eigenvalue weighted by atomic mass is 9.95. The summed E-state index contributed by atoms with van der Waals surface area (Å²) in [5.41, 5.74) is 3.84. The molecule has 1 aromatic carbocycles. The maximum Gasteiger partial charge on any atom is 0.000295 e. The van der Waals surface area contributed by atoms with Crippen molar-refractivity contribution in [2.75, 3.05) is 13.6 Å². The molecular weight excluding hydrogens is 170 g/mol. The van der Waals surface area contributed by atoms with Crippen LogP contribution in [-0.4, -0.2) is 13.6 Å². The Hall–Kier alpha value is -0.820. The van der Waals surface area contributed by atoms with Gasteiger partial charge in [-0.3, -0.25) is 0 Å². The van der Waals surface area contributed by atoms with E-state index < -0.39 is 0 Å². The highest BCUT2D eigenvalue weighted by Crippen LogP contribution is 2.60. The molecule has 74 valence electrons. The molecule has 1 fully saturated rings. The summed E-state index contributed by atoms with van der Waals surface area (Å²) in [6, 6.07) is 9.02. The van der Waals surface area contributed by atoms with Crippen LogP contribution in [0.15, 0.2) is 24.3 Å². The SMILES string of the molecule is CNCC1CC12CCc1ccccc12. The number of fused-ring (bicyclic) bond motifs is 2. The maximum absolute atomic E-state index is 3.31. The van der Waals surface area contributed by atoms with Crippen LogP contribution in [0, 0.1) is 5.92 Å². The van der Waals surface area contributed by atoms with E-state index in [9.17, 15) is 0 Å². The quantitative estimate of drug-likeness (QED) is 0.747. The van der Waals surface area contributed by atoms with Crippen LogP contribution in [0.25, 0.3) is 0 Å². The van der Waals surface area contributed by atoms with Crippen LogP contribution < -0.4 is 5.32 Å². The molecule has 1 aromatic rings. The number of nitrogens with one attached hydrogen (secondary N) is 1. The zero-order valence-electron chi connectivity index (χ0n) is 8.72. The van der Waals surface area contributed by atoms with Gasteiger partial charge in [-0.2, -0.15) is 0 Å². The maximum atomic E-state index is 3.31. The topological polar surface area (TPSA) is 12.0 Å². The Labute approximate surface area is 85.5 Å². The first kappa shape index (κ1) is 8.49. The van der Waals surface area contributed by atoms with E-state index in [-0.39, 0.29) is 0 Å². The fraction of sp³-hybridized carbons (Fsp3) is 0.538. The van der Waals surface area contributed by atoms with Gasteiger partial charge in [0.05, 0.1) is 0 Å². The van der Waals surface area contributed by atoms with Crippen LogP contribution in [0.2, 0.25) is 0 Å². The first-order chi connectivity index (χ1) is 6.87. The van der Waals surface area contributed by atoms with Gasteiger partial charge in [0.1, 0.15) is 0 Å². The molecule has 0 heterocycles. The van der Waals surface area contributed by atoms with Crippen molar-refractivity contribution in [3.8, 4) is 0 Å². The summed E-state index contributed by atoms with van der Waals surface area (Å²) in [7, 11) is 2.06. The average molecular weight is 187 g/mol. The smallest absolute Gasteiger partial charge is 0.000295 e. The fourth-order valence-electron chi connectivity index (χ4n) is 3.25. The normalized spacial score (nSPS) is 33.4. The number of hydrogen-bond donors (Lipinski definition) is 1.